The van der Waals surface area contributed by atoms with Crippen LogP contribution in [0.4, 0.5) is 5.69 Å². The Kier molecular flexibility index (Phi) is 3.41. The predicted molar refractivity (Wildman–Crippen MR) is 82.7 cm³/mol. The van der Waals surface area contributed by atoms with Crippen molar-refractivity contribution in [2.24, 2.45) is 0 Å². The third-order valence-electron chi connectivity index (χ3n) is 3.66. The number of fused-ring (bicyclic) bond motifs is 1. The van der Waals surface area contributed by atoms with Crippen LogP contribution in [-0.2, 0) is 9.84 Å². The molecule has 1 atom stereocenters. The quantitative estimate of drug-likeness (QED) is 0.824. The number of sulfone groups is 1. The fraction of sp³-hybridized carbons (Fsp3) is 0.385. The SMILES string of the molecule is CN(c1ccnc2cc(Br)cnc12)C1CCS(=O)(=O)C1. The molecular formula is C13H14BrN3O2S. The van der Waals surface area contributed by atoms with Crippen molar-refractivity contribution in [2.45, 2.75) is 12.5 Å². The largest absolute Gasteiger partial charge is 0.369 e. The van der Waals surface area contributed by atoms with Gasteiger partial charge >= 0.3 is 0 Å². The molecule has 0 saturated carbocycles. The minimum Gasteiger partial charge on any atom is -0.369 e. The Morgan fingerprint density at radius 1 is 1.40 bits per heavy atom. The summed E-state index contributed by atoms with van der Waals surface area (Å²) in [4.78, 5) is 10.7. The first kappa shape index (κ1) is 13.8. The molecule has 7 heteroatoms. The number of hydrogen-bond acceptors (Lipinski definition) is 5. The van der Waals surface area contributed by atoms with Gasteiger partial charge in [-0.05, 0) is 34.5 Å². The highest BCUT2D eigenvalue weighted by Crippen LogP contribution is 2.28. The van der Waals surface area contributed by atoms with E-state index in [1.54, 1.807) is 12.4 Å². The maximum Gasteiger partial charge on any atom is 0.152 e. The average Bonchev–Trinajstić information content (AvgIpc) is 2.77. The second kappa shape index (κ2) is 4.96. The van der Waals surface area contributed by atoms with Crippen LogP contribution in [0.3, 0.4) is 0 Å². The zero-order valence-electron chi connectivity index (χ0n) is 11.0. The molecule has 1 saturated heterocycles. The number of halogens is 1. The third kappa shape index (κ3) is 2.52. The summed E-state index contributed by atoms with van der Waals surface area (Å²) in [5.41, 5.74) is 2.51. The highest BCUT2D eigenvalue weighted by Gasteiger charge is 2.31. The minimum absolute atomic E-state index is 0.0102. The summed E-state index contributed by atoms with van der Waals surface area (Å²) < 4.78 is 24.1. The second-order valence-electron chi connectivity index (χ2n) is 5.02. The monoisotopic (exact) mass is 355 g/mol. The third-order valence-corrected chi connectivity index (χ3v) is 5.84. The molecule has 1 fully saturated rings. The van der Waals surface area contributed by atoms with Gasteiger partial charge in [0.1, 0.15) is 5.52 Å². The van der Waals surface area contributed by atoms with Crippen LogP contribution < -0.4 is 4.90 Å². The van der Waals surface area contributed by atoms with Crippen molar-refractivity contribution >= 4 is 42.5 Å². The summed E-state index contributed by atoms with van der Waals surface area (Å²) >= 11 is 3.38. The van der Waals surface area contributed by atoms with Gasteiger partial charge in [0, 0.05) is 30.0 Å². The first-order valence-corrected chi connectivity index (χ1v) is 8.91. The summed E-state index contributed by atoms with van der Waals surface area (Å²) in [6, 6.07) is 3.80. The molecule has 1 aliphatic rings. The molecule has 0 aromatic carbocycles. The predicted octanol–water partition coefficient (Wildman–Crippen LogP) is 2.02. The molecule has 0 amide bonds. The van der Waals surface area contributed by atoms with Crippen LogP contribution in [0, 0.1) is 0 Å². The van der Waals surface area contributed by atoms with E-state index in [-0.39, 0.29) is 17.5 Å². The van der Waals surface area contributed by atoms with Crippen molar-refractivity contribution in [3.63, 3.8) is 0 Å². The van der Waals surface area contributed by atoms with Crippen LogP contribution in [0.15, 0.2) is 29.0 Å². The van der Waals surface area contributed by atoms with Crippen LogP contribution >= 0.6 is 15.9 Å². The van der Waals surface area contributed by atoms with Gasteiger partial charge in [-0.15, -0.1) is 0 Å². The minimum atomic E-state index is -2.89. The number of aromatic nitrogens is 2. The summed E-state index contributed by atoms with van der Waals surface area (Å²) in [5.74, 6) is 0.480. The van der Waals surface area contributed by atoms with Gasteiger partial charge in [-0.2, -0.15) is 0 Å². The van der Waals surface area contributed by atoms with Crippen LogP contribution in [0.2, 0.25) is 0 Å². The number of pyridine rings is 2. The van der Waals surface area contributed by atoms with Crippen molar-refractivity contribution in [1.29, 1.82) is 0 Å². The van der Waals surface area contributed by atoms with E-state index in [9.17, 15) is 8.42 Å². The Morgan fingerprint density at radius 2 is 2.20 bits per heavy atom. The van der Waals surface area contributed by atoms with Crippen LogP contribution in [-0.4, -0.2) is 43.0 Å². The molecule has 1 aliphatic heterocycles. The normalized spacial score (nSPS) is 21.2. The van der Waals surface area contributed by atoms with Gasteiger partial charge in [0.25, 0.3) is 0 Å². The first-order chi connectivity index (χ1) is 9.46. The lowest BCUT2D eigenvalue weighted by Gasteiger charge is -2.26. The van der Waals surface area contributed by atoms with Crippen molar-refractivity contribution in [3.05, 3.63) is 29.0 Å². The standard InChI is InChI=1S/C13H14BrN3O2S/c1-17(10-3-5-20(18,19)8-10)12-2-4-15-11-6-9(14)7-16-13(11)12/h2,4,6-7,10H,3,5,8H2,1H3. The Hall–Kier alpha value is -1.21. The van der Waals surface area contributed by atoms with E-state index in [0.29, 0.717) is 6.42 Å². The molecule has 5 nitrogen and oxygen atoms in total. The summed E-state index contributed by atoms with van der Waals surface area (Å²) in [6.45, 7) is 0. The fourth-order valence-electron chi connectivity index (χ4n) is 2.55. The topological polar surface area (TPSA) is 63.2 Å². The molecule has 3 heterocycles. The molecular weight excluding hydrogens is 342 g/mol. The molecule has 0 spiro atoms. The van der Waals surface area contributed by atoms with E-state index >= 15 is 0 Å². The maximum absolute atomic E-state index is 11.6. The highest BCUT2D eigenvalue weighted by atomic mass is 79.9. The molecule has 0 bridgehead atoms. The van der Waals surface area contributed by atoms with Crippen LogP contribution in [0.25, 0.3) is 11.0 Å². The molecule has 0 radical (unpaired) electrons. The number of hydrogen-bond donors (Lipinski definition) is 0. The van der Waals surface area contributed by atoms with Gasteiger partial charge in [0.05, 0.1) is 22.7 Å². The molecule has 106 valence electrons. The smallest absolute Gasteiger partial charge is 0.152 e. The Bertz CT molecular complexity index is 763. The van der Waals surface area contributed by atoms with Crippen LogP contribution in [0.1, 0.15) is 6.42 Å². The average molecular weight is 356 g/mol. The molecule has 2 aromatic rings. The fourth-order valence-corrected chi connectivity index (χ4v) is 4.65. The Morgan fingerprint density at radius 3 is 2.90 bits per heavy atom. The number of nitrogens with zero attached hydrogens (tertiary/aromatic N) is 3. The maximum atomic E-state index is 11.6. The lowest BCUT2D eigenvalue weighted by molar-refractivity contribution is 0.601. The van der Waals surface area contributed by atoms with Gasteiger partial charge in [0.2, 0.25) is 0 Å². The molecule has 20 heavy (non-hydrogen) atoms. The van der Waals surface area contributed by atoms with E-state index in [0.717, 1.165) is 21.2 Å². The lowest BCUT2D eigenvalue weighted by atomic mass is 10.2. The van der Waals surface area contributed by atoms with Crippen molar-refractivity contribution in [3.8, 4) is 0 Å². The number of rotatable bonds is 2. The Labute approximate surface area is 126 Å². The van der Waals surface area contributed by atoms with Crippen molar-refractivity contribution in [1.82, 2.24) is 9.97 Å². The molecule has 2 aromatic heterocycles. The zero-order chi connectivity index (χ0) is 14.3. The van der Waals surface area contributed by atoms with Gasteiger partial charge in [-0.3, -0.25) is 9.97 Å². The second-order valence-corrected chi connectivity index (χ2v) is 8.16. The summed E-state index contributed by atoms with van der Waals surface area (Å²) in [7, 11) is -0.973. The van der Waals surface area contributed by atoms with Crippen molar-refractivity contribution < 1.29 is 8.42 Å². The highest BCUT2D eigenvalue weighted by molar-refractivity contribution is 9.10. The van der Waals surface area contributed by atoms with Gasteiger partial charge in [-0.1, -0.05) is 0 Å². The zero-order valence-corrected chi connectivity index (χ0v) is 13.4. The van der Waals surface area contributed by atoms with E-state index in [2.05, 4.69) is 25.9 Å². The summed E-state index contributed by atoms with van der Waals surface area (Å²) in [6.07, 6.45) is 4.12. The summed E-state index contributed by atoms with van der Waals surface area (Å²) in [5, 5.41) is 0. The van der Waals surface area contributed by atoms with Gasteiger partial charge in [-0.25, -0.2) is 8.42 Å². The van der Waals surface area contributed by atoms with Crippen LogP contribution in [0.5, 0.6) is 0 Å². The van der Waals surface area contributed by atoms with E-state index in [1.807, 2.05) is 24.1 Å². The Balaban J connectivity index is 2.02. The molecule has 0 N–H and O–H groups in total. The number of anilines is 1. The molecule has 3 rings (SSSR count). The molecule has 0 aliphatic carbocycles. The van der Waals surface area contributed by atoms with E-state index in [4.69, 9.17) is 0 Å². The lowest BCUT2D eigenvalue weighted by Crippen LogP contribution is -2.32. The first-order valence-electron chi connectivity index (χ1n) is 6.30. The van der Waals surface area contributed by atoms with E-state index < -0.39 is 9.84 Å². The van der Waals surface area contributed by atoms with Gasteiger partial charge in [0.15, 0.2) is 9.84 Å². The van der Waals surface area contributed by atoms with Crippen molar-refractivity contribution in [2.75, 3.05) is 23.5 Å². The van der Waals surface area contributed by atoms with E-state index in [1.165, 1.54) is 0 Å². The molecule has 1 unspecified atom stereocenters. The van der Waals surface area contributed by atoms with Gasteiger partial charge < -0.3 is 4.90 Å².